The zero-order valence-corrected chi connectivity index (χ0v) is 92.8. The van der Waals surface area contributed by atoms with Gasteiger partial charge in [0.1, 0.15) is 5.76 Å². The normalized spacial score (nSPS) is 12.5. The van der Waals surface area contributed by atoms with Crippen LogP contribution in [-0.2, 0) is 140 Å². The molecule has 0 aromatic carbocycles. The maximum absolute atomic E-state index is 4.99. The van der Waals surface area contributed by atoms with Gasteiger partial charge < -0.3 is 29.1 Å². The van der Waals surface area contributed by atoms with Crippen LogP contribution in [0.1, 0.15) is 297 Å². The molecule has 13 heterocycles. The Balaban J connectivity index is 0.000000389. The lowest BCUT2D eigenvalue weighted by atomic mass is 10.1. The van der Waals surface area contributed by atoms with E-state index in [2.05, 4.69) is 348 Å². The van der Waals surface area contributed by atoms with E-state index in [1.165, 1.54) is 93.7 Å². The first kappa shape index (κ1) is 122. The van der Waals surface area contributed by atoms with Crippen LogP contribution in [0.4, 0.5) is 0 Å². The largest absolute Gasteiger partial charge is 0.385 e. The van der Waals surface area contributed by atoms with E-state index >= 15 is 0 Å². The summed E-state index contributed by atoms with van der Waals surface area (Å²) in [5.74, 6) is 8.68. The predicted octanol–water partition coefficient (Wildman–Crippen LogP) is 22.1. The molecule has 0 atom stereocenters. The fourth-order valence-corrected chi connectivity index (χ4v) is 15.4. The van der Waals surface area contributed by atoms with Crippen LogP contribution < -0.4 is 5.32 Å². The molecule has 0 bridgehead atoms. The lowest BCUT2D eigenvalue weighted by Gasteiger charge is -2.22. The molecule has 0 unspecified atom stereocenters. The van der Waals surface area contributed by atoms with Crippen LogP contribution >= 0.6 is 0 Å². The molecular formula is C110H196N24O3. The van der Waals surface area contributed by atoms with E-state index in [9.17, 15) is 0 Å². The second-order valence-electron chi connectivity index (χ2n) is 43.0. The highest BCUT2D eigenvalue weighted by molar-refractivity contribution is 5.14. The molecule has 27 heteroatoms. The number of rotatable bonds is 39. The minimum Gasteiger partial charge on any atom is -0.385 e. The Morgan fingerprint density at radius 1 is 0.394 bits per heavy atom. The smallest absolute Gasteiger partial charge is 0.133 e. The van der Waals surface area contributed by atoms with Crippen molar-refractivity contribution >= 4 is 0 Å². The second-order valence-corrected chi connectivity index (χ2v) is 43.0. The fraction of sp³-hybridized carbons (Fsp3) is 0.700. The molecule has 13 rings (SSSR count). The summed E-state index contributed by atoms with van der Waals surface area (Å²) in [7, 11) is 15.7. The quantitative estimate of drug-likeness (QED) is 0.0352. The van der Waals surface area contributed by atoms with Crippen LogP contribution in [0.2, 0.25) is 0 Å². The summed E-state index contributed by atoms with van der Waals surface area (Å²) >= 11 is 0. The van der Waals surface area contributed by atoms with Crippen molar-refractivity contribution in [2.45, 2.75) is 347 Å². The molecule has 0 spiro atoms. The number of aryl methyl sites for hydroxylation is 8. The molecule has 1 N–H and O–H groups in total. The molecule has 11 aromatic heterocycles. The zero-order chi connectivity index (χ0) is 102. The monoisotopic (exact) mass is 1900 g/mol. The highest BCUT2D eigenvalue weighted by Crippen LogP contribution is 2.22. The molecular weight excluding hydrogens is 1710 g/mol. The van der Waals surface area contributed by atoms with Crippen molar-refractivity contribution < 1.29 is 14.0 Å². The van der Waals surface area contributed by atoms with Crippen LogP contribution in [0.3, 0.4) is 0 Å². The molecule has 1 fully saturated rings. The fourth-order valence-electron chi connectivity index (χ4n) is 15.4. The maximum atomic E-state index is 4.99. The Morgan fingerprint density at radius 2 is 0.788 bits per heavy atom. The number of likely N-dealkylation sites (N-methyl/N-ethyl adjacent to an activating group) is 1. The van der Waals surface area contributed by atoms with Gasteiger partial charge in [-0.2, -0.15) is 51.0 Å². The van der Waals surface area contributed by atoms with Gasteiger partial charge in [-0.15, -0.1) is 0 Å². The van der Waals surface area contributed by atoms with Crippen molar-refractivity contribution in [3.05, 3.63) is 197 Å². The van der Waals surface area contributed by atoms with Crippen molar-refractivity contribution in [3.8, 4) is 0 Å². The molecule has 774 valence electrons. The van der Waals surface area contributed by atoms with Crippen LogP contribution in [0.25, 0.3) is 0 Å². The van der Waals surface area contributed by atoms with Gasteiger partial charge in [-0.25, -0.2) is 0 Å². The van der Waals surface area contributed by atoms with E-state index in [1.807, 2.05) is 116 Å². The number of hydrogen-bond acceptors (Lipinski definition) is 17. The molecule has 0 saturated carbocycles. The molecule has 1 saturated heterocycles. The summed E-state index contributed by atoms with van der Waals surface area (Å²) in [6, 6.07) is 7.44. The van der Waals surface area contributed by atoms with Gasteiger partial charge >= 0.3 is 0 Å². The first-order valence-corrected chi connectivity index (χ1v) is 52.0. The van der Waals surface area contributed by atoms with Gasteiger partial charge in [0.05, 0.1) is 92.4 Å². The van der Waals surface area contributed by atoms with E-state index in [-0.39, 0.29) is 0 Å². The Kier molecular flexibility index (Phi) is 62.3. The van der Waals surface area contributed by atoms with E-state index in [0.29, 0.717) is 47.6 Å². The Bertz CT molecular complexity index is 4560. The Labute approximate surface area is 831 Å². The molecule has 11 aromatic rings. The highest BCUT2D eigenvalue weighted by atomic mass is 16.5. The van der Waals surface area contributed by atoms with E-state index in [0.717, 1.165) is 203 Å². The van der Waals surface area contributed by atoms with Crippen LogP contribution in [0.5, 0.6) is 0 Å². The topological polar surface area (TPSA) is 241 Å². The summed E-state index contributed by atoms with van der Waals surface area (Å²) in [5.41, 5.74) is 15.7. The van der Waals surface area contributed by atoms with Crippen LogP contribution in [0, 0.1) is 72.0 Å². The third-order valence-electron chi connectivity index (χ3n) is 21.5. The number of nitrogens with one attached hydrogen (secondary N) is 1. The number of piperidine rings is 1. The summed E-state index contributed by atoms with van der Waals surface area (Å²) in [5, 5.41) is 50.4. The molecule has 2 aliphatic heterocycles. The second kappa shape index (κ2) is 69.9. The van der Waals surface area contributed by atoms with Gasteiger partial charge in [0.25, 0.3) is 0 Å². The standard InChI is InChI=1S/C12H21N3.C12H23N3.C11H21N3.C11H20N2O.C11H18N2.C10H18N2O.C10H18N2.C9H16N2.2C8H14N2.C8H13NO/c1-10(2)7-11-8-14-15(9-11)12-3-5-13-6-4-12;1-11(2)8-12-9-13-15(10-12)7-5-6-14(3)4;1-10(2)7-11-8-12-14(9-11)6-5-13(3)4;1-10(2)7-11-8-12-13(9-11)5-4-6-14-3;1-9(2)7-10-8-11-5-3-4-6-13(11)12-10;1-9(2)6-10-7-11-12(8-10)4-5-13-3;1-8(2)5-10-6-11-12(7-10)9(3)4;1-4-11-7-9(6-10-11)5-8(2)3;1-7(2)4-8-5-9-10(3)6-8;1-7(2)6-8-4-5-10(3)9-8;1-6(2)4-8-5-7(3)10-9-8/h8-10,12-13H,3-7H2,1-2H3;9-11H,5-8H2,1-4H3;8-10H,5-7H2,1-4H3;8-10H,4-7H2,1-3H3;8-9H,3-7H2,1-2H3;7-9H,4-6H2,1-3H3;6-9H,5H2,1-4H3;6-8H,4-5H2,1-3H3;5-7H,4H2,1-3H3;4-5,7H,6H2,1-3H3;5-6H,4H2,1-3H3. The van der Waals surface area contributed by atoms with Gasteiger partial charge in [-0.05, 0) is 313 Å². The van der Waals surface area contributed by atoms with Gasteiger partial charge in [-0.1, -0.05) is 157 Å². The van der Waals surface area contributed by atoms with Crippen molar-refractivity contribution in [1.29, 1.82) is 0 Å². The molecule has 2 aliphatic rings. The number of ether oxygens (including phenoxy) is 2. The van der Waals surface area contributed by atoms with Gasteiger partial charge in [0.15, 0.2) is 0 Å². The van der Waals surface area contributed by atoms with Gasteiger partial charge in [0.2, 0.25) is 0 Å². The zero-order valence-electron chi connectivity index (χ0n) is 92.8. The van der Waals surface area contributed by atoms with Crippen LogP contribution in [0.15, 0.2) is 128 Å². The van der Waals surface area contributed by atoms with Gasteiger partial charge in [0, 0.05) is 141 Å². The minimum atomic E-state index is 0.478. The minimum absolute atomic E-state index is 0.478. The van der Waals surface area contributed by atoms with E-state index in [4.69, 9.17) is 14.0 Å². The van der Waals surface area contributed by atoms with E-state index in [1.54, 1.807) is 14.2 Å². The Hall–Kier alpha value is -8.89. The SMILES string of the molecule is CC(C)Cc1cc2n(n1)CCCC2.CC(C)Cc1ccn(C)n1.CC(C)Cc1cnn(C(C)C)c1.CC(C)Cc1cnn(C)c1.CC(C)Cc1cnn(C2CCNCC2)c1.CC(C)Cc1cnn(CCCN(C)C)c1.CC(C)Cc1cnn(CCN(C)C)c1.CCn1cc(CC(C)C)cn1.COCCCn1cc(CC(C)C)cn1.COCCn1cc(CC(C)C)cn1.Cc1cc(CC(C)C)no1. The number of hydrogen-bond donors (Lipinski definition) is 1. The lowest BCUT2D eigenvalue weighted by molar-refractivity contribution is 0.183. The Morgan fingerprint density at radius 3 is 1.18 bits per heavy atom. The first-order chi connectivity index (χ1) is 65.0. The molecule has 0 aliphatic carbocycles. The third-order valence-corrected chi connectivity index (χ3v) is 21.5. The average Bonchev–Trinajstić information content (AvgIpc) is 1.69. The number of aromatic nitrogens is 21. The summed E-state index contributed by atoms with van der Waals surface area (Å²) < 4.78 is 34.9. The third kappa shape index (κ3) is 60.0. The summed E-state index contributed by atoms with van der Waals surface area (Å²) in [4.78, 5) is 4.38. The summed E-state index contributed by atoms with van der Waals surface area (Å²) in [6.07, 6.45) is 55.6. The summed E-state index contributed by atoms with van der Waals surface area (Å²) in [6.45, 7) is 69.1. The molecule has 27 nitrogen and oxygen atoms in total. The lowest BCUT2D eigenvalue weighted by Crippen LogP contribution is -2.29. The molecule has 137 heavy (non-hydrogen) atoms. The first-order valence-electron chi connectivity index (χ1n) is 52.0. The predicted molar refractivity (Wildman–Crippen MR) is 570 cm³/mol. The highest BCUT2D eigenvalue weighted by Gasteiger charge is 2.18. The number of nitrogens with zero attached hydrogens (tertiary/aromatic N) is 23. The van der Waals surface area contributed by atoms with Crippen molar-refractivity contribution in [2.75, 3.05) is 81.8 Å². The van der Waals surface area contributed by atoms with Crippen molar-refractivity contribution in [2.24, 2.45) is 79.2 Å². The molecule has 0 radical (unpaired) electrons. The van der Waals surface area contributed by atoms with Crippen molar-refractivity contribution in [3.63, 3.8) is 0 Å². The van der Waals surface area contributed by atoms with Crippen molar-refractivity contribution in [1.82, 2.24) is 118 Å². The number of methoxy groups -OCH3 is 2. The van der Waals surface area contributed by atoms with Crippen LogP contribution in [-0.4, -0.2) is 195 Å². The maximum Gasteiger partial charge on any atom is 0.133 e. The van der Waals surface area contributed by atoms with Gasteiger partial charge in [-0.3, -0.25) is 46.8 Å². The number of fused-ring (bicyclic) bond motifs is 1. The molecule has 0 amide bonds. The average molecular weight is 1900 g/mol. The van der Waals surface area contributed by atoms with E-state index < -0.39 is 0 Å².